The number of aromatic nitrogens is 2. The van der Waals surface area contributed by atoms with Crippen LogP contribution in [0.25, 0.3) is 0 Å². The Morgan fingerprint density at radius 2 is 2.11 bits per heavy atom. The quantitative estimate of drug-likeness (QED) is 0.594. The van der Waals surface area contributed by atoms with Crippen LogP contribution in [0.4, 0.5) is 13.2 Å². The number of alkyl halides is 3. The Kier molecular flexibility index (Phi) is 5.22. The van der Waals surface area contributed by atoms with Crippen molar-refractivity contribution in [1.82, 2.24) is 9.55 Å². The molecular weight excluding hydrogens is 309 g/mol. The molecule has 0 aliphatic carbocycles. The summed E-state index contributed by atoms with van der Waals surface area (Å²) < 4.78 is 63.6. The van der Waals surface area contributed by atoms with Crippen molar-refractivity contribution in [3.05, 3.63) is 12.0 Å². The highest BCUT2D eigenvalue weighted by Crippen LogP contribution is 2.16. The molecule has 0 amide bonds. The van der Waals surface area contributed by atoms with E-state index < -0.39 is 21.8 Å². The summed E-state index contributed by atoms with van der Waals surface area (Å²) >= 11 is 0. The molecule has 0 radical (unpaired) electrons. The fraction of sp³-hybridized carbons (Fsp3) is 0.667. The second-order valence-electron chi connectivity index (χ2n) is 3.65. The molecule has 0 bridgehead atoms. The van der Waals surface area contributed by atoms with Gasteiger partial charge in [-0.1, -0.05) is 6.92 Å². The van der Waals surface area contributed by atoms with Gasteiger partial charge in [0.15, 0.2) is 5.03 Å². The maximum atomic E-state index is 11.8. The van der Waals surface area contributed by atoms with Crippen molar-refractivity contribution in [2.45, 2.75) is 31.1 Å². The molecule has 1 rings (SSSR count). The lowest BCUT2D eigenvalue weighted by Crippen LogP contribution is -2.19. The van der Waals surface area contributed by atoms with Crippen LogP contribution in [-0.4, -0.2) is 37.4 Å². The van der Waals surface area contributed by atoms with E-state index in [4.69, 9.17) is 10.7 Å². The molecule has 110 valence electrons. The molecule has 0 spiro atoms. The maximum Gasteiger partial charge on any atom is 0.411 e. The third-order valence-electron chi connectivity index (χ3n) is 2.15. The molecule has 0 aromatic carbocycles. The van der Waals surface area contributed by atoms with Gasteiger partial charge in [-0.3, -0.25) is 0 Å². The number of ether oxygens (including phenoxy) is 1. The van der Waals surface area contributed by atoms with E-state index in [0.29, 0.717) is 12.2 Å². The highest BCUT2D eigenvalue weighted by molar-refractivity contribution is 8.13. The normalized spacial score (nSPS) is 12.9. The number of rotatable bonds is 6. The fourth-order valence-electron chi connectivity index (χ4n) is 1.37. The monoisotopic (exact) mass is 320 g/mol. The molecule has 5 nitrogen and oxygen atoms in total. The van der Waals surface area contributed by atoms with E-state index in [1.54, 1.807) is 6.92 Å². The van der Waals surface area contributed by atoms with Gasteiger partial charge in [0.1, 0.15) is 12.4 Å². The van der Waals surface area contributed by atoms with Crippen LogP contribution in [0, 0.1) is 0 Å². The number of aryl methyl sites for hydroxylation is 1. The number of hydrogen-bond donors (Lipinski definition) is 0. The molecule has 0 aliphatic rings. The van der Waals surface area contributed by atoms with Gasteiger partial charge in [-0.15, -0.1) is 0 Å². The lowest BCUT2D eigenvalue weighted by atomic mass is 10.4. The molecule has 0 unspecified atom stereocenters. The van der Waals surface area contributed by atoms with Crippen molar-refractivity contribution in [3.8, 4) is 0 Å². The predicted molar refractivity (Wildman–Crippen MR) is 61.5 cm³/mol. The molecule has 0 fully saturated rings. The Hall–Kier alpha value is -0.800. The van der Waals surface area contributed by atoms with Gasteiger partial charge in [-0.25, -0.2) is 13.4 Å². The molecule has 0 N–H and O–H groups in total. The summed E-state index contributed by atoms with van der Waals surface area (Å²) in [5, 5.41) is -0.318. The number of imidazole rings is 1. The van der Waals surface area contributed by atoms with Crippen LogP contribution in [0.5, 0.6) is 0 Å². The van der Waals surface area contributed by atoms with Crippen molar-refractivity contribution in [2.75, 3.05) is 13.2 Å². The molecule has 0 saturated heterocycles. The summed E-state index contributed by atoms with van der Waals surface area (Å²) in [6.07, 6.45) is -2.78. The van der Waals surface area contributed by atoms with Crippen LogP contribution in [0.15, 0.2) is 11.2 Å². The van der Waals surface area contributed by atoms with Gasteiger partial charge in [0, 0.05) is 29.8 Å². The minimum Gasteiger partial charge on any atom is -0.370 e. The van der Waals surface area contributed by atoms with Gasteiger partial charge in [-0.05, 0) is 0 Å². The molecule has 0 saturated carbocycles. The van der Waals surface area contributed by atoms with Crippen molar-refractivity contribution in [3.63, 3.8) is 0 Å². The van der Waals surface area contributed by atoms with Crippen LogP contribution in [0.3, 0.4) is 0 Å². The largest absolute Gasteiger partial charge is 0.411 e. The summed E-state index contributed by atoms with van der Waals surface area (Å²) in [6.45, 7) is 0.257. The highest BCUT2D eigenvalue weighted by Gasteiger charge is 2.27. The Labute approximate surface area is 112 Å². The van der Waals surface area contributed by atoms with E-state index in [-0.39, 0.29) is 18.2 Å². The van der Waals surface area contributed by atoms with Crippen molar-refractivity contribution >= 4 is 19.7 Å². The van der Waals surface area contributed by atoms with Crippen molar-refractivity contribution in [1.29, 1.82) is 0 Å². The van der Waals surface area contributed by atoms with Gasteiger partial charge in [0.2, 0.25) is 0 Å². The first-order valence-electron chi connectivity index (χ1n) is 5.28. The zero-order valence-electron chi connectivity index (χ0n) is 9.95. The SMILES string of the molecule is CCc1nc(S(=O)(=O)Cl)cn1CCOCC(F)(F)F. The summed E-state index contributed by atoms with van der Waals surface area (Å²) in [4.78, 5) is 3.79. The molecular formula is C9H12ClF3N2O3S. The highest BCUT2D eigenvalue weighted by atomic mass is 35.7. The molecule has 0 aliphatic heterocycles. The third-order valence-corrected chi connectivity index (χ3v) is 3.32. The van der Waals surface area contributed by atoms with Crippen LogP contribution in [0.1, 0.15) is 12.7 Å². The van der Waals surface area contributed by atoms with E-state index in [1.807, 2.05) is 0 Å². The van der Waals surface area contributed by atoms with Gasteiger partial charge >= 0.3 is 6.18 Å². The number of hydrogen-bond acceptors (Lipinski definition) is 4. The molecule has 1 aromatic rings. The summed E-state index contributed by atoms with van der Waals surface area (Å²) in [5.41, 5.74) is 0. The standard InChI is InChI=1S/C9H12ClF3N2O3S/c1-2-7-14-8(19(10,16)17)5-15(7)3-4-18-6-9(11,12)13/h5H,2-4,6H2,1H3. The van der Waals surface area contributed by atoms with Crippen LogP contribution in [-0.2, 0) is 26.8 Å². The zero-order valence-corrected chi connectivity index (χ0v) is 11.5. The maximum absolute atomic E-state index is 11.8. The predicted octanol–water partition coefficient (Wildman–Crippen LogP) is 1.95. The second-order valence-corrected chi connectivity index (χ2v) is 6.16. The topological polar surface area (TPSA) is 61.2 Å². The number of halogens is 4. The van der Waals surface area contributed by atoms with Crippen LogP contribution in [0.2, 0.25) is 0 Å². The average Bonchev–Trinajstić information content (AvgIpc) is 2.66. The fourth-order valence-corrected chi connectivity index (χ4v) is 2.06. The Balaban J connectivity index is 2.66. The lowest BCUT2D eigenvalue weighted by molar-refractivity contribution is -0.174. The minimum atomic E-state index is -4.38. The number of nitrogens with zero attached hydrogens (tertiary/aromatic N) is 2. The summed E-state index contributed by atoms with van der Waals surface area (Å²) in [6, 6.07) is 0. The first-order valence-corrected chi connectivity index (χ1v) is 7.59. The lowest BCUT2D eigenvalue weighted by Gasteiger charge is -2.09. The van der Waals surface area contributed by atoms with Crippen LogP contribution < -0.4 is 0 Å². The smallest absolute Gasteiger partial charge is 0.370 e. The average molecular weight is 321 g/mol. The molecule has 0 atom stereocenters. The first kappa shape index (κ1) is 16.3. The van der Waals surface area contributed by atoms with E-state index in [0.717, 1.165) is 0 Å². The Bertz CT molecular complexity index is 527. The summed E-state index contributed by atoms with van der Waals surface area (Å²) in [7, 11) is 1.19. The Morgan fingerprint density at radius 3 is 2.58 bits per heavy atom. The first-order chi connectivity index (χ1) is 8.63. The van der Waals surface area contributed by atoms with Gasteiger partial charge in [0.25, 0.3) is 9.05 Å². The third kappa shape index (κ3) is 5.37. The Morgan fingerprint density at radius 1 is 1.47 bits per heavy atom. The van der Waals surface area contributed by atoms with Gasteiger partial charge in [0.05, 0.1) is 6.61 Å². The molecule has 1 heterocycles. The molecule has 10 heteroatoms. The van der Waals surface area contributed by atoms with E-state index in [2.05, 4.69) is 9.72 Å². The van der Waals surface area contributed by atoms with Crippen molar-refractivity contribution < 1.29 is 26.3 Å². The summed E-state index contributed by atoms with van der Waals surface area (Å²) in [5.74, 6) is 0.412. The van der Waals surface area contributed by atoms with Crippen LogP contribution >= 0.6 is 10.7 Å². The van der Waals surface area contributed by atoms with Gasteiger partial charge < -0.3 is 9.30 Å². The van der Waals surface area contributed by atoms with Gasteiger partial charge in [-0.2, -0.15) is 13.2 Å². The van der Waals surface area contributed by atoms with E-state index >= 15 is 0 Å². The zero-order chi connectivity index (χ0) is 14.7. The molecule has 1 aromatic heterocycles. The molecule has 19 heavy (non-hydrogen) atoms. The van der Waals surface area contributed by atoms with E-state index in [1.165, 1.54) is 10.8 Å². The van der Waals surface area contributed by atoms with Crippen molar-refractivity contribution in [2.24, 2.45) is 0 Å². The minimum absolute atomic E-state index is 0.0681. The van der Waals surface area contributed by atoms with E-state index in [9.17, 15) is 21.6 Å². The second kappa shape index (κ2) is 6.10.